The summed E-state index contributed by atoms with van der Waals surface area (Å²) in [6.07, 6.45) is 2.82. The predicted molar refractivity (Wildman–Crippen MR) is 81.6 cm³/mol. The smallest absolute Gasteiger partial charge is 0.208 e. The first kappa shape index (κ1) is 16.9. The summed E-state index contributed by atoms with van der Waals surface area (Å²) in [7, 11) is -1.40. The van der Waals surface area contributed by atoms with E-state index in [9.17, 15) is 8.42 Å². The van der Waals surface area contributed by atoms with Crippen LogP contribution in [-0.2, 0) is 16.4 Å². The molecule has 2 N–H and O–H groups in total. The molecule has 0 spiro atoms. The van der Waals surface area contributed by atoms with E-state index in [1.807, 2.05) is 18.2 Å². The summed E-state index contributed by atoms with van der Waals surface area (Å²) < 4.78 is 29.6. The maximum absolute atomic E-state index is 10.9. The zero-order valence-corrected chi connectivity index (χ0v) is 13.2. The van der Waals surface area contributed by atoms with E-state index in [0.717, 1.165) is 25.1 Å². The number of nitrogens with one attached hydrogen (secondary N) is 2. The molecule has 1 unspecified atom stereocenters. The number of hydrogen-bond donors (Lipinski definition) is 2. The Labute approximate surface area is 121 Å². The molecule has 1 atom stereocenters. The van der Waals surface area contributed by atoms with Crippen LogP contribution in [0.3, 0.4) is 0 Å². The molecule has 114 valence electrons. The Bertz CT molecular complexity index is 503. The molecule has 1 rings (SSSR count). The lowest BCUT2D eigenvalue weighted by atomic mass is 10.1. The summed E-state index contributed by atoms with van der Waals surface area (Å²) in [5.41, 5.74) is 1.17. The molecule has 20 heavy (non-hydrogen) atoms. The molecular weight excluding hydrogens is 276 g/mol. The third-order valence-corrected chi connectivity index (χ3v) is 3.66. The molecule has 0 saturated carbocycles. The van der Waals surface area contributed by atoms with Crippen molar-refractivity contribution in [2.45, 2.75) is 25.8 Å². The van der Waals surface area contributed by atoms with Crippen LogP contribution in [0.2, 0.25) is 0 Å². The number of rotatable bonds is 9. The van der Waals surface area contributed by atoms with Gasteiger partial charge < -0.3 is 10.1 Å². The summed E-state index contributed by atoms with van der Waals surface area (Å²) in [4.78, 5) is 0. The quantitative estimate of drug-likeness (QED) is 0.672. The fourth-order valence-corrected chi connectivity index (χ4v) is 2.48. The molecule has 0 aliphatic carbocycles. The van der Waals surface area contributed by atoms with Gasteiger partial charge in [-0.05, 0) is 37.9 Å². The van der Waals surface area contributed by atoms with Crippen molar-refractivity contribution in [2.24, 2.45) is 0 Å². The normalized spacial score (nSPS) is 13.2. The van der Waals surface area contributed by atoms with Crippen molar-refractivity contribution in [1.29, 1.82) is 0 Å². The van der Waals surface area contributed by atoms with Gasteiger partial charge in [0.15, 0.2) is 0 Å². The highest BCUT2D eigenvalue weighted by Crippen LogP contribution is 2.18. The molecule has 0 heterocycles. The Morgan fingerprint density at radius 3 is 2.60 bits per heavy atom. The molecule has 5 nitrogen and oxygen atoms in total. The molecule has 1 aromatic carbocycles. The summed E-state index contributed by atoms with van der Waals surface area (Å²) >= 11 is 0. The van der Waals surface area contributed by atoms with Crippen LogP contribution in [0.4, 0.5) is 0 Å². The fourth-order valence-electron chi connectivity index (χ4n) is 1.97. The van der Waals surface area contributed by atoms with Gasteiger partial charge in [-0.3, -0.25) is 0 Å². The average Bonchev–Trinajstić information content (AvgIpc) is 2.37. The highest BCUT2D eigenvalue weighted by Gasteiger charge is 2.07. The Hall–Kier alpha value is -1.11. The number of methoxy groups -OCH3 is 1. The molecule has 6 heteroatoms. The first-order chi connectivity index (χ1) is 9.42. The third kappa shape index (κ3) is 6.88. The number of sulfonamides is 1. The summed E-state index contributed by atoms with van der Waals surface area (Å²) in [5.74, 6) is 0.903. The van der Waals surface area contributed by atoms with Crippen molar-refractivity contribution in [3.63, 3.8) is 0 Å². The number of hydrogen-bond acceptors (Lipinski definition) is 4. The molecule has 0 aliphatic rings. The van der Waals surface area contributed by atoms with E-state index in [0.29, 0.717) is 12.6 Å². The van der Waals surface area contributed by atoms with Gasteiger partial charge in [0.05, 0.1) is 13.4 Å². The van der Waals surface area contributed by atoms with E-state index in [1.165, 1.54) is 11.8 Å². The molecule has 0 amide bonds. The van der Waals surface area contributed by atoms with E-state index >= 15 is 0 Å². The first-order valence-corrected chi connectivity index (χ1v) is 8.61. The van der Waals surface area contributed by atoms with E-state index in [1.54, 1.807) is 7.11 Å². The van der Waals surface area contributed by atoms with Crippen LogP contribution in [-0.4, -0.2) is 40.9 Å². The molecule has 0 aliphatic heterocycles. The van der Waals surface area contributed by atoms with E-state index in [-0.39, 0.29) is 0 Å². The van der Waals surface area contributed by atoms with E-state index < -0.39 is 10.0 Å². The van der Waals surface area contributed by atoms with Crippen LogP contribution in [0.5, 0.6) is 5.75 Å². The van der Waals surface area contributed by atoms with Gasteiger partial charge in [-0.1, -0.05) is 18.2 Å². The number of benzene rings is 1. The van der Waals surface area contributed by atoms with Crippen LogP contribution in [0.25, 0.3) is 0 Å². The molecule has 0 aromatic heterocycles. The average molecular weight is 300 g/mol. The minimum atomic E-state index is -3.08. The molecule has 1 aromatic rings. The summed E-state index contributed by atoms with van der Waals surface area (Å²) in [6.45, 7) is 3.35. The second-order valence-corrected chi connectivity index (χ2v) is 6.72. The van der Waals surface area contributed by atoms with Crippen molar-refractivity contribution in [2.75, 3.05) is 26.5 Å². The van der Waals surface area contributed by atoms with Crippen LogP contribution < -0.4 is 14.8 Å². The van der Waals surface area contributed by atoms with Crippen LogP contribution in [0.15, 0.2) is 24.3 Å². The Morgan fingerprint density at radius 1 is 1.25 bits per heavy atom. The predicted octanol–water partition coefficient (Wildman–Crippen LogP) is 1.16. The van der Waals surface area contributed by atoms with E-state index in [4.69, 9.17) is 4.74 Å². The molecule has 0 bridgehead atoms. The molecule has 0 saturated heterocycles. The minimum Gasteiger partial charge on any atom is -0.496 e. The highest BCUT2D eigenvalue weighted by atomic mass is 32.2. The van der Waals surface area contributed by atoms with Crippen molar-refractivity contribution in [1.82, 2.24) is 10.0 Å². The van der Waals surface area contributed by atoms with Crippen molar-refractivity contribution < 1.29 is 13.2 Å². The van der Waals surface area contributed by atoms with E-state index in [2.05, 4.69) is 23.0 Å². The first-order valence-electron chi connectivity index (χ1n) is 6.72. The number of para-hydroxylation sites is 1. The number of ether oxygens (including phenoxy) is 1. The standard InChI is InChI=1S/C14H24N2O3S/c1-12(15-9-6-10-16-20(3,17)18)11-13-7-4-5-8-14(13)19-2/h4-5,7-8,12,15-16H,6,9-11H2,1-3H3. The fraction of sp³-hybridized carbons (Fsp3) is 0.571. The maximum Gasteiger partial charge on any atom is 0.208 e. The van der Waals surface area contributed by atoms with Gasteiger partial charge in [-0.25, -0.2) is 13.1 Å². The second-order valence-electron chi connectivity index (χ2n) is 4.89. The van der Waals surface area contributed by atoms with Gasteiger partial charge in [0, 0.05) is 12.6 Å². The van der Waals surface area contributed by atoms with Gasteiger partial charge in [0.25, 0.3) is 0 Å². The van der Waals surface area contributed by atoms with Gasteiger partial charge >= 0.3 is 0 Å². The topological polar surface area (TPSA) is 67.4 Å². The van der Waals surface area contributed by atoms with Gasteiger partial charge in [0.1, 0.15) is 5.75 Å². The van der Waals surface area contributed by atoms with Crippen molar-refractivity contribution >= 4 is 10.0 Å². The zero-order valence-electron chi connectivity index (χ0n) is 12.3. The van der Waals surface area contributed by atoms with Gasteiger partial charge in [0.2, 0.25) is 10.0 Å². The Morgan fingerprint density at radius 2 is 1.95 bits per heavy atom. The summed E-state index contributed by atoms with van der Waals surface area (Å²) in [5, 5.41) is 3.38. The molecular formula is C14H24N2O3S. The maximum atomic E-state index is 10.9. The Kier molecular flexibility index (Phi) is 6.98. The zero-order chi connectivity index (χ0) is 15.0. The monoisotopic (exact) mass is 300 g/mol. The lowest BCUT2D eigenvalue weighted by molar-refractivity contribution is 0.406. The SMILES string of the molecule is COc1ccccc1CC(C)NCCCNS(C)(=O)=O. The largest absolute Gasteiger partial charge is 0.496 e. The van der Waals surface area contributed by atoms with Crippen molar-refractivity contribution in [3.8, 4) is 5.75 Å². The van der Waals surface area contributed by atoms with Gasteiger partial charge in [-0.2, -0.15) is 0 Å². The third-order valence-electron chi connectivity index (χ3n) is 2.93. The van der Waals surface area contributed by atoms with Gasteiger partial charge in [-0.15, -0.1) is 0 Å². The Balaban J connectivity index is 2.28. The highest BCUT2D eigenvalue weighted by molar-refractivity contribution is 7.88. The lowest BCUT2D eigenvalue weighted by Gasteiger charge is -2.15. The summed E-state index contributed by atoms with van der Waals surface area (Å²) in [6, 6.07) is 8.28. The minimum absolute atomic E-state index is 0.310. The van der Waals surface area contributed by atoms with Crippen LogP contribution in [0.1, 0.15) is 18.9 Å². The molecule has 0 radical (unpaired) electrons. The van der Waals surface area contributed by atoms with Crippen LogP contribution in [0, 0.1) is 0 Å². The molecule has 0 fully saturated rings. The van der Waals surface area contributed by atoms with Crippen LogP contribution >= 0.6 is 0 Å². The van der Waals surface area contributed by atoms with Crippen molar-refractivity contribution in [3.05, 3.63) is 29.8 Å². The second kappa shape index (κ2) is 8.24. The lowest BCUT2D eigenvalue weighted by Crippen LogP contribution is -2.32.